The highest BCUT2D eigenvalue weighted by Crippen LogP contribution is 2.08. The quantitative estimate of drug-likeness (QED) is 0.578. The van der Waals surface area contributed by atoms with Crippen molar-refractivity contribution in [3.8, 4) is 0 Å². The van der Waals surface area contributed by atoms with Gasteiger partial charge >= 0.3 is 7.25 Å². The van der Waals surface area contributed by atoms with Gasteiger partial charge < -0.3 is 17.3 Å². The molecule has 92 valence electrons. The number of benzene rings is 1. The summed E-state index contributed by atoms with van der Waals surface area (Å²) < 4.78 is 39.0. The maximum absolute atomic E-state index is 9.75. The average molecular weight is 246 g/mol. The largest absolute Gasteiger partial charge is 0.673 e. The standard InChI is InChI=1S/C10H10N2.BF4/c1-9-4-2-3-5-10(9)12-7-6-11-8-12;2-1(3,4)5/h2-8H,1H3;/q;-1/p+1. The zero-order chi connectivity index (χ0) is 12.9. The Labute approximate surface area is 96.4 Å². The molecule has 7 heteroatoms. The molecule has 2 nitrogen and oxygen atoms in total. The van der Waals surface area contributed by atoms with Gasteiger partial charge in [-0.2, -0.15) is 0 Å². The highest BCUT2D eigenvalue weighted by molar-refractivity contribution is 6.50. The lowest BCUT2D eigenvalue weighted by molar-refractivity contribution is -0.655. The highest BCUT2D eigenvalue weighted by atomic mass is 19.5. The lowest BCUT2D eigenvalue weighted by atomic mass is 10.2. The van der Waals surface area contributed by atoms with E-state index in [2.05, 4.69) is 36.2 Å². The normalized spacial score (nSPS) is 17.8. The Balaban J connectivity index is 0.000000249. The first-order chi connectivity index (χ1) is 7.88. The van der Waals surface area contributed by atoms with E-state index in [9.17, 15) is 17.3 Å². The Morgan fingerprint density at radius 3 is 2.18 bits per heavy atom. The number of para-hydroxylation sites is 1. The van der Waals surface area contributed by atoms with Gasteiger partial charge in [-0.15, -0.1) is 0 Å². The number of halogens is 4. The minimum atomic E-state index is -6.00. The third-order valence-corrected chi connectivity index (χ3v) is 2.01. The van der Waals surface area contributed by atoms with E-state index in [4.69, 9.17) is 0 Å². The number of aryl methyl sites for hydroxylation is 1. The first kappa shape index (κ1) is 13.4. The Hall–Kier alpha value is -1.63. The van der Waals surface area contributed by atoms with Gasteiger partial charge in [-0.1, -0.05) is 18.2 Å². The molecule has 1 N–H and O–H groups in total. The third-order valence-electron chi connectivity index (χ3n) is 2.01. The lowest BCUT2D eigenvalue weighted by Gasteiger charge is -2.06. The average Bonchev–Trinajstić information content (AvgIpc) is 2.68. The summed E-state index contributed by atoms with van der Waals surface area (Å²) in [6.45, 7) is 2.11. The smallest absolute Gasteiger partial charge is 0.418 e. The molecule has 1 heterocycles. The van der Waals surface area contributed by atoms with Crippen LogP contribution in [0.15, 0.2) is 41.7 Å². The first-order valence-corrected chi connectivity index (χ1v) is 4.88. The molecule has 0 amide bonds. The summed E-state index contributed by atoms with van der Waals surface area (Å²) >= 11 is 0. The van der Waals surface area contributed by atoms with Crippen molar-refractivity contribution in [2.75, 3.05) is 0 Å². The predicted molar refractivity (Wildman–Crippen MR) is 59.6 cm³/mol. The Morgan fingerprint density at radius 2 is 1.71 bits per heavy atom. The van der Waals surface area contributed by atoms with Gasteiger partial charge in [0.1, 0.15) is 11.9 Å². The molecule has 1 aromatic rings. The molecule has 17 heavy (non-hydrogen) atoms. The fraction of sp³-hybridized carbons (Fsp3) is 0.100. The lowest BCUT2D eigenvalue weighted by Crippen LogP contribution is -3.00. The van der Waals surface area contributed by atoms with Crippen molar-refractivity contribution in [2.45, 2.75) is 6.92 Å². The molecule has 0 spiro atoms. The predicted octanol–water partition coefficient (Wildman–Crippen LogP) is 2.32. The van der Waals surface area contributed by atoms with Gasteiger partial charge in [0, 0.05) is 11.6 Å². The van der Waals surface area contributed by atoms with Crippen molar-refractivity contribution >= 4 is 19.3 Å². The second-order valence-corrected chi connectivity index (χ2v) is 3.36. The first-order valence-electron chi connectivity index (χ1n) is 4.88. The van der Waals surface area contributed by atoms with E-state index in [1.54, 1.807) is 0 Å². The summed E-state index contributed by atoms with van der Waals surface area (Å²) in [5, 5.41) is 0. The van der Waals surface area contributed by atoms with Crippen LogP contribution in [0.3, 0.4) is 0 Å². The SMILES string of the molecule is Cc1ccccc1[NH+]1C=CN=C1.F[B-](F)(F)F. The van der Waals surface area contributed by atoms with Crippen LogP contribution in [0.1, 0.15) is 5.56 Å². The number of quaternary nitrogens is 1. The Kier molecular flexibility index (Phi) is 4.45. The number of aliphatic imine (C=N–C) groups is 1. The molecule has 0 saturated heterocycles. The van der Waals surface area contributed by atoms with E-state index in [0.29, 0.717) is 0 Å². The molecule has 0 aliphatic carbocycles. The maximum atomic E-state index is 9.75. The van der Waals surface area contributed by atoms with Crippen molar-refractivity contribution in [3.05, 3.63) is 42.2 Å². The van der Waals surface area contributed by atoms with E-state index in [0.717, 1.165) is 0 Å². The van der Waals surface area contributed by atoms with Crippen LogP contribution in [-0.4, -0.2) is 13.6 Å². The van der Waals surface area contributed by atoms with E-state index in [1.807, 2.05) is 18.7 Å². The van der Waals surface area contributed by atoms with Crippen LogP contribution < -0.4 is 4.90 Å². The molecule has 0 saturated carbocycles. The van der Waals surface area contributed by atoms with Crippen LogP contribution in [0.25, 0.3) is 0 Å². The van der Waals surface area contributed by atoms with Crippen molar-refractivity contribution in [1.82, 2.24) is 0 Å². The van der Waals surface area contributed by atoms with Crippen LogP contribution in [0, 0.1) is 6.92 Å². The van der Waals surface area contributed by atoms with Crippen LogP contribution in [0.5, 0.6) is 0 Å². The minimum Gasteiger partial charge on any atom is -0.418 e. The molecule has 0 fully saturated rings. The van der Waals surface area contributed by atoms with E-state index < -0.39 is 7.25 Å². The van der Waals surface area contributed by atoms with Gasteiger partial charge in [0.15, 0.2) is 6.34 Å². The summed E-state index contributed by atoms with van der Waals surface area (Å²) in [7, 11) is -6.00. The van der Waals surface area contributed by atoms with Crippen molar-refractivity contribution < 1.29 is 22.2 Å². The molecular weight excluding hydrogens is 235 g/mol. The van der Waals surface area contributed by atoms with Gasteiger partial charge in [-0.3, -0.25) is 0 Å². The van der Waals surface area contributed by atoms with Crippen molar-refractivity contribution in [2.24, 2.45) is 4.99 Å². The van der Waals surface area contributed by atoms with Crippen LogP contribution in [0.2, 0.25) is 0 Å². The number of nitrogens with one attached hydrogen (secondary N) is 1. The molecule has 1 aromatic carbocycles. The van der Waals surface area contributed by atoms with Crippen molar-refractivity contribution in [3.63, 3.8) is 0 Å². The van der Waals surface area contributed by atoms with Gasteiger partial charge in [0.25, 0.3) is 0 Å². The molecule has 2 rings (SSSR count). The fourth-order valence-corrected chi connectivity index (χ4v) is 1.35. The molecule has 1 aliphatic heterocycles. The summed E-state index contributed by atoms with van der Waals surface area (Å²) in [5.74, 6) is 0. The van der Waals surface area contributed by atoms with Crippen LogP contribution in [-0.2, 0) is 0 Å². The van der Waals surface area contributed by atoms with Gasteiger partial charge in [-0.25, -0.2) is 9.89 Å². The zero-order valence-electron chi connectivity index (χ0n) is 9.08. The fourth-order valence-electron chi connectivity index (χ4n) is 1.35. The molecule has 0 aromatic heterocycles. The maximum Gasteiger partial charge on any atom is 0.673 e. The Bertz CT molecular complexity index is 411. The molecular formula is C10H11BF4N2. The van der Waals surface area contributed by atoms with Crippen molar-refractivity contribution in [1.29, 1.82) is 0 Å². The van der Waals surface area contributed by atoms with Gasteiger partial charge in [0.2, 0.25) is 0 Å². The van der Waals surface area contributed by atoms with E-state index >= 15 is 0 Å². The summed E-state index contributed by atoms with van der Waals surface area (Å²) in [4.78, 5) is 5.24. The number of rotatable bonds is 1. The minimum absolute atomic E-state index is 1.20. The summed E-state index contributed by atoms with van der Waals surface area (Å²) in [6, 6.07) is 8.33. The second-order valence-electron chi connectivity index (χ2n) is 3.36. The molecule has 1 aliphatic rings. The summed E-state index contributed by atoms with van der Waals surface area (Å²) in [6.07, 6.45) is 5.74. The molecule has 0 bridgehead atoms. The van der Waals surface area contributed by atoms with Crippen LogP contribution >= 0.6 is 0 Å². The monoisotopic (exact) mass is 246 g/mol. The van der Waals surface area contributed by atoms with Gasteiger partial charge in [0.05, 0.1) is 6.20 Å². The highest BCUT2D eigenvalue weighted by Gasteiger charge is 2.20. The number of hydrogen-bond donors (Lipinski definition) is 1. The van der Waals surface area contributed by atoms with E-state index in [1.165, 1.54) is 16.2 Å². The zero-order valence-corrected chi connectivity index (χ0v) is 9.08. The summed E-state index contributed by atoms with van der Waals surface area (Å²) in [5.41, 5.74) is 2.57. The topological polar surface area (TPSA) is 16.8 Å². The molecule has 0 radical (unpaired) electrons. The third kappa shape index (κ3) is 5.30. The second kappa shape index (κ2) is 5.63. The molecule has 1 atom stereocenters. The van der Waals surface area contributed by atoms with Crippen LogP contribution in [0.4, 0.5) is 23.0 Å². The molecule has 1 unspecified atom stereocenters. The number of hydrogen-bond acceptors (Lipinski definition) is 1. The van der Waals surface area contributed by atoms with Gasteiger partial charge in [-0.05, 0) is 6.92 Å². The number of nitrogens with zero attached hydrogens (tertiary/aromatic N) is 1. The van der Waals surface area contributed by atoms with E-state index in [-0.39, 0.29) is 0 Å². The Morgan fingerprint density at radius 1 is 1.12 bits per heavy atom.